The van der Waals surface area contributed by atoms with Crippen LogP contribution in [0, 0.1) is 5.92 Å². The second-order valence-corrected chi connectivity index (χ2v) is 9.66. The van der Waals surface area contributed by atoms with Crippen molar-refractivity contribution in [2.75, 3.05) is 13.1 Å². The number of aromatic nitrogens is 3. The lowest BCUT2D eigenvalue weighted by atomic mass is 9.95. The van der Waals surface area contributed by atoms with Gasteiger partial charge in [0.15, 0.2) is 5.65 Å². The molecule has 188 valence electrons. The minimum absolute atomic E-state index is 0.0810. The maximum Gasteiger partial charge on any atom is 0.254 e. The molecule has 2 amide bonds. The monoisotopic (exact) mass is 486 g/mol. The average Bonchev–Trinajstić information content (AvgIpc) is 3.27. The fourth-order valence-corrected chi connectivity index (χ4v) is 4.54. The van der Waals surface area contributed by atoms with Crippen LogP contribution >= 0.6 is 0 Å². The van der Waals surface area contributed by atoms with E-state index in [4.69, 9.17) is 10.7 Å². The normalized spacial score (nSPS) is 15.8. The molecule has 1 aliphatic heterocycles. The van der Waals surface area contributed by atoms with Crippen molar-refractivity contribution in [3.05, 3.63) is 59.3 Å². The zero-order valence-electron chi connectivity index (χ0n) is 21.4. The summed E-state index contributed by atoms with van der Waals surface area (Å²) >= 11 is 0. The fourth-order valence-electron chi connectivity index (χ4n) is 4.54. The first kappa shape index (κ1) is 25.4. The minimum Gasteiger partial charge on any atom is -0.351 e. The average molecular weight is 487 g/mol. The number of nitrogens with zero attached hydrogens (tertiary/aromatic N) is 4. The third-order valence-corrected chi connectivity index (χ3v) is 6.48. The Balaban J connectivity index is 1.68. The van der Waals surface area contributed by atoms with E-state index in [1.807, 2.05) is 49.7 Å². The molecule has 36 heavy (non-hydrogen) atoms. The van der Waals surface area contributed by atoms with Gasteiger partial charge in [-0.05, 0) is 77.3 Å². The highest BCUT2D eigenvalue weighted by atomic mass is 16.2. The molecule has 1 aliphatic rings. The van der Waals surface area contributed by atoms with Gasteiger partial charge in [-0.1, -0.05) is 23.8 Å². The first-order valence-electron chi connectivity index (χ1n) is 12.5. The first-order chi connectivity index (χ1) is 17.3. The second-order valence-electron chi connectivity index (χ2n) is 9.66. The topological polar surface area (TPSA) is 115 Å². The van der Waals surface area contributed by atoms with Crippen LogP contribution in [0.15, 0.2) is 53.2 Å². The van der Waals surface area contributed by atoms with E-state index in [1.165, 1.54) is 5.56 Å². The van der Waals surface area contributed by atoms with Crippen molar-refractivity contribution in [2.24, 2.45) is 16.6 Å². The van der Waals surface area contributed by atoms with Crippen molar-refractivity contribution < 1.29 is 9.59 Å². The smallest absolute Gasteiger partial charge is 0.254 e. The van der Waals surface area contributed by atoms with Crippen molar-refractivity contribution in [2.45, 2.75) is 53.0 Å². The molecule has 0 radical (unpaired) electrons. The number of pyridine rings is 1. The Morgan fingerprint density at radius 2 is 2.00 bits per heavy atom. The molecule has 1 atom stereocenters. The SMILES string of the molecule is CC1=CC(C)=NC(=O)C1CNC(=O)c1cc(-c2cccc(CCCCN)c2)nc2c1cnn2C(C)C. The summed E-state index contributed by atoms with van der Waals surface area (Å²) in [6.07, 6.45) is 6.52. The summed E-state index contributed by atoms with van der Waals surface area (Å²) in [5.41, 5.74) is 11.2. The number of nitrogens with two attached hydrogens (primary N) is 1. The quantitative estimate of drug-likeness (QED) is 0.439. The Morgan fingerprint density at radius 1 is 1.19 bits per heavy atom. The number of benzene rings is 1. The molecule has 0 fully saturated rings. The van der Waals surface area contributed by atoms with Crippen molar-refractivity contribution >= 4 is 28.6 Å². The number of nitrogens with one attached hydrogen (secondary N) is 1. The Hall–Kier alpha value is -3.65. The summed E-state index contributed by atoms with van der Waals surface area (Å²) in [4.78, 5) is 34.8. The third kappa shape index (κ3) is 5.44. The molecule has 3 aromatic rings. The number of allylic oxidation sites excluding steroid dienone is 1. The Morgan fingerprint density at radius 3 is 2.72 bits per heavy atom. The van der Waals surface area contributed by atoms with E-state index in [0.717, 1.165) is 30.4 Å². The number of carbonyl (C=O) groups excluding carboxylic acids is 2. The highest BCUT2D eigenvalue weighted by Gasteiger charge is 2.25. The van der Waals surface area contributed by atoms with Gasteiger partial charge >= 0.3 is 0 Å². The van der Waals surface area contributed by atoms with Crippen LogP contribution in [-0.4, -0.2) is 45.4 Å². The van der Waals surface area contributed by atoms with Crippen molar-refractivity contribution in [1.82, 2.24) is 20.1 Å². The molecular weight excluding hydrogens is 452 g/mol. The first-order valence-corrected chi connectivity index (χ1v) is 12.5. The van der Waals surface area contributed by atoms with Crippen LogP contribution in [0.1, 0.15) is 62.5 Å². The van der Waals surface area contributed by atoms with Gasteiger partial charge in [-0.3, -0.25) is 9.59 Å². The zero-order valence-corrected chi connectivity index (χ0v) is 21.4. The standard InChI is InChI=1S/C28H34N6O2/c1-17(2)34-26-24(16-31-34)22(27(35)30-15-23-18(3)12-19(4)32-28(23)36)14-25(33-26)21-10-7-9-20(13-21)8-5-6-11-29/h7,9-10,12-14,16-17,23H,5-6,8,11,15,29H2,1-4H3,(H,30,35). The number of carbonyl (C=O) groups is 2. The highest BCUT2D eigenvalue weighted by Crippen LogP contribution is 2.27. The van der Waals surface area contributed by atoms with E-state index >= 15 is 0 Å². The van der Waals surface area contributed by atoms with Crippen molar-refractivity contribution in [1.29, 1.82) is 0 Å². The van der Waals surface area contributed by atoms with Crippen LogP contribution in [0.2, 0.25) is 0 Å². The van der Waals surface area contributed by atoms with Gasteiger partial charge < -0.3 is 11.1 Å². The number of fused-ring (bicyclic) bond motifs is 1. The number of hydrogen-bond donors (Lipinski definition) is 2. The van der Waals surface area contributed by atoms with Crippen molar-refractivity contribution in [3.8, 4) is 11.3 Å². The van der Waals surface area contributed by atoms with Crippen LogP contribution in [-0.2, 0) is 11.2 Å². The summed E-state index contributed by atoms with van der Waals surface area (Å²) in [6, 6.07) is 10.1. The van der Waals surface area contributed by atoms with Crippen LogP contribution < -0.4 is 11.1 Å². The van der Waals surface area contributed by atoms with E-state index in [9.17, 15) is 9.59 Å². The number of amides is 2. The van der Waals surface area contributed by atoms with Gasteiger partial charge in [0.05, 0.1) is 28.8 Å². The number of aliphatic imine (C=N–C) groups is 1. The summed E-state index contributed by atoms with van der Waals surface area (Å²) in [5.74, 6) is -0.955. The fraction of sp³-hybridized carbons (Fsp3) is 0.393. The van der Waals surface area contributed by atoms with E-state index < -0.39 is 5.92 Å². The molecule has 0 aliphatic carbocycles. The number of rotatable bonds is 9. The number of aryl methyl sites for hydroxylation is 1. The molecule has 2 aromatic heterocycles. The molecule has 8 nitrogen and oxygen atoms in total. The van der Waals surface area contributed by atoms with E-state index in [0.29, 0.717) is 34.5 Å². The predicted molar refractivity (Wildman–Crippen MR) is 143 cm³/mol. The molecule has 0 saturated carbocycles. The molecule has 0 spiro atoms. The van der Waals surface area contributed by atoms with Gasteiger partial charge in [-0.15, -0.1) is 0 Å². The summed E-state index contributed by atoms with van der Waals surface area (Å²) < 4.78 is 1.83. The Kier molecular flexibility index (Phi) is 7.74. The minimum atomic E-state index is -0.460. The molecule has 4 rings (SSSR count). The van der Waals surface area contributed by atoms with Gasteiger partial charge in [-0.25, -0.2) is 14.7 Å². The molecule has 3 heterocycles. The van der Waals surface area contributed by atoms with Crippen LogP contribution in [0.3, 0.4) is 0 Å². The lowest BCUT2D eigenvalue weighted by Crippen LogP contribution is -2.34. The summed E-state index contributed by atoms with van der Waals surface area (Å²) in [7, 11) is 0. The second kappa shape index (κ2) is 11.0. The molecule has 0 bridgehead atoms. The molecule has 3 N–H and O–H groups in total. The highest BCUT2D eigenvalue weighted by molar-refractivity contribution is 6.08. The summed E-state index contributed by atoms with van der Waals surface area (Å²) in [5, 5.41) is 8.14. The Bertz CT molecular complexity index is 1350. The molecule has 0 saturated heterocycles. The maximum absolute atomic E-state index is 13.4. The molecule has 8 heteroatoms. The lowest BCUT2D eigenvalue weighted by Gasteiger charge is -2.19. The van der Waals surface area contributed by atoms with Gasteiger partial charge in [0.25, 0.3) is 11.8 Å². The van der Waals surface area contributed by atoms with Gasteiger partial charge in [0.1, 0.15) is 0 Å². The lowest BCUT2D eigenvalue weighted by molar-refractivity contribution is -0.120. The maximum atomic E-state index is 13.4. The molecular formula is C28H34N6O2. The predicted octanol–water partition coefficient (Wildman–Crippen LogP) is 4.25. The zero-order chi connectivity index (χ0) is 25.8. The Labute approximate surface area is 211 Å². The van der Waals surface area contributed by atoms with E-state index in [2.05, 4.69) is 27.5 Å². The largest absolute Gasteiger partial charge is 0.351 e. The van der Waals surface area contributed by atoms with Crippen LogP contribution in [0.25, 0.3) is 22.3 Å². The third-order valence-electron chi connectivity index (χ3n) is 6.48. The number of unbranched alkanes of at least 4 members (excludes halogenated alkanes) is 1. The summed E-state index contributed by atoms with van der Waals surface area (Å²) in [6.45, 7) is 8.62. The molecule has 1 aromatic carbocycles. The molecule has 1 unspecified atom stereocenters. The van der Waals surface area contributed by atoms with E-state index in [1.54, 1.807) is 13.1 Å². The van der Waals surface area contributed by atoms with Gasteiger partial charge in [-0.2, -0.15) is 5.10 Å². The number of hydrogen-bond acceptors (Lipinski definition) is 5. The van der Waals surface area contributed by atoms with E-state index in [-0.39, 0.29) is 24.4 Å². The van der Waals surface area contributed by atoms with Gasteiger partial charge in [0, 0.05) is 23.9 Å². The van der Waals surface area contributed by atoms with Crippen LogP contribution in [0.4, 0.5) is 0 Å². The van der Waals surface area contributed by atoms with Crippen LogP contribution in [0.5, 0.6) is 0 Å². The van der Waals surface area contributed by atoms with Crippen molar-refractivity contribution in [3.63, 3.8) is 0 Å². The number of dihydropyridines is 1. The van der Waals surface area contributed by atoms with Gasteiger partial charge in [0.2, 0.25) is 0 Å².